The fourth-order valence-electron chi connectivity index (χ4n) is 2.46. The van der Waals surface area contributed by atoms with Gasteiger partial charge in [-0.2, -0.15) is 0 Å². The molecule has 0 atom stereocenters. The van der Waals surface area contributed by atoms with Gasteiger partial charge in [0.15, 0.2) is 5.82 Å². The lowest BCUT2D eigenvalue weighted by atomic mass is 10.3. The zero-order chi connectivity index (χ0) is 12.7. The van der Waals surface area contributed by atoms with Gasteiger partial charge in [0.05, 0.1) is 18.7 Å². The standard InChI is InChI=1S/C13H18N4O/c1-9-8-11-12(16(9)3)13(15-10(2)14-11)17-4-6-18-7-5-17/h8H,4-7H2,1-3H3. The summed E-state index contributed by atoms with van der Waals surface area (Å²) in [6.07, 6.45) is 0. The van der Waals surface area contributed by atoms with Gasteiger partial charge >= 0.3 is 0 Å². The van der Waals surface area contributed by atoms with E-state index in [-0.39, 0.29) is 0 Å². The van der Waals surface area contributed by atoms with Crippen LogP contribution in [-0.2, 0) is 11.8 Å². The molecule has 5 heteroatoms. The number of hydrogen-bond acceptors (Lipinski definition) is 4. The summed E-state index contributed by atoms with van der Waals surface area (Å²) in [5.41, 5.74) is 3.36. The Morgan fingerprint density at radius 3 is 2.61 bits per heavy atom. The van der Waals surface area contributed by atoms with E-state index in [1.165, 1.54) is 5.69 Å². The average Bonchev–Trinajstić information content (AvgIpc) is 2.65. The number of rotatable bonds is 1. The molecular weight excluding hydrogens is 228 g/mol. The Morgan fingerprint density at radius 2 is 1.89 bits per heavy atom. The molecule has 3 heterocycles. The Morgan fingerprint density at radius 1 is 1.17 bits per heavy atom. The van der Waals surface area contributed by atoms with Gasteiger partial charge in [0.1, 0.15) is 11.3 Å². The number of fused-ring (bicyclic) bond motifs is 1. The second kappa shape index (κ2) is 4.24. The van der Waals surface area contributed by atoms with Crippen LogP contribution in [0.15, 0.2) is 6.07 Å². The zero-order valence-corrected chi connectivity index (χ0v) is 11.1. The molecule has 0 bridgehead atoms. The second-order valence-electron chi connectivity index (χ2n) is 4.77. The topological polar surface area (TPSA) is 43.2 Å². The van der Waals surface area contributed by atoms with Crippen molar-refractivity contribution in [3.05, 3.63) is 17.6 Å². The molecule has 0 amide bonds. The van der Waals surface area contributed by atoms with Gasteiger partial charge in [-0.1, -0.05) is 0 Å². The number of nitrogens with zero attached hydrogens (tertiary/aromatic N) is 4. The third-order valence-corrected chi connectivity index (χ3v) is 3.53. The van der Waals surface area contributed by atoms with E-state index in [1.54, 1.807) is 0 Å². The monoisotopic (exact) mass is 246 g/mol. The van der Waals surface area contributed by atoms with Crippen LogP contribution in [0.4, 0.5) is 5.82 Å². The van der Waals surface area contributed by atoms with Gasteiger partial charge in [0, 0.05) is 25.8 Å². The van der Waals surface area contributed by atoms with Crippen LogP contribution in [0.3, 0.4) is 0 Å². The van der Waals surface area contributed by atoms with Crippen molar-refractivity contribution in [1.29, 1.82) is 0 Å². The van der Waals surface area contributed by atoms with Crippen molar-refractivity contribution in [2.45, 2.75) is 13.8 Å². The molecule has 0 N–H and O–H groups in total. The van der Waals surface area contributed by atoms with E-state index in [0.717, 1.165) is 49.0 Å². The van der Waals surface area contributed by atoms with Crippen molar-refractivity contribution < 1.29 is 4.74 Å². The predicted octanol–water partition coefficient (Wildman–Crippen LogP) is 1.42. The van der Waals surface area contributed by atoms with Crippen molar-refractivity contribution in [3.8, 4) is 0 Å². The maximum absolute atomic E-state index is 5.41. The predicted molar refractivity (Wildman–Crippen MR) is 71.0 cm³/mol. The first-order valence-corrected chi connectivity index (χ1v) is 6.30. The number of morpholine rings is 1. The van der Waals surface area contributed by atoms with E-state index >= 15 is 0 Å². The van der Waals surface area contributed by atoms with E-state index in [1.807, 2.05) is 6.92 Å². The Bertz CT molecular complexity index is 584. The van der Waals surface area contributed by atoms with Crippen molar-refractivity contribution in [3.63, 3.8) is 0 Å². The largest absolute Gasteiger partial charge is 0.378 e. The van der Waals surface area contributed by atoms with E-state index in [9.17, 15) is 0 Å². The van der Waals surface area contributed by atoms with Gasteiger partial charge in [-0.05, 0) is 19.9 Å². The quantitative estimate of drug-likeness (QED) is 0.763. The lowest BCUT2D eigenvalue weighted by Crippen LogP contribution is -2.37. The molecular formula is C13H18N4O. The van der Waals surface area contributed by atoms with Crippen LogP contribution >= 0.6 is 0 Å². The average molecular weight is 246 g/mol. The minimum Gasteiger partial charge on any atom is -0.378 e. The second-order valence-corrected chi connectivity index (χ2v) is 4.77. The molecule has 5 nitrogen and oxygen atoms in total. The zero-order valence-electron chi connectivity index (χ0n) is 11.1. The van der Waals surface area contributed by atoms with Crippen molar-refractivity contribution >= 4 is 16.9 Å². The summed E-state index contributed by atoms with van der Waals surface area (Å²) in [7, 11) is 2.07. The van der Waals surface area contributed by atoms with Crippen LogP contribution < -0.4 is 4.90 Å². The van der Waals surface area contributed by atoms with Gasteiger partial charge in [-0.15, -0.1) is 0 Å². The molecule has 0 spiro atoms. The fourth-order valence-corrected chi connectivity index (χ4v) is 2.46. The van der Waals surface area contributed by atoms with Gasteiger partial charge in [-0.25, -0.2) is 9.97 Å². The minimum absolute atomic E-state index is 0.772. The van der Waals surface area contributed by atoms with Crippen LogP contribution in [0.5, 0.6) is 0 Å². The summed E-state index contributed by atoms with van der Waals surface area (Å²) in [5.74, 6) is 1.87. The van der Waals surface area contributed by atoms with Crippen molar-refractivity contribution in [2.75, 3.05) is 31.2 Å². The van der Waals surface area contributed by atoms with E-state index < -0.39 is 0 Å². The lowest BCUT2D eigenvalue weighted by molar-refractivity contribution is 0.122. The molecule has 0 saturated carbocycles. The number of hydrogen-bond donors (Lipinski definition) is 0. The molecule has 1 fully saturated rings. The van der Waals surface area contributed by atoms with Crippen LogP contribution in [0, 0.1) is 13.8 Å². The first-order chi connectivity index (χ1) is 8.66. The molecule has 0 aliphatic carbocycles. The van der Waals surface area contributed by atoms with Crippen LogP contribution in [0.1, 0.15) is 11.5 Å². The molecule has 18 heavy (non-hydrogen) atoms. The molecule has 0 radical (unpaired) electrons. The summed E-state index contributed by atoms with van der Waals surface area (Å²) in [6, 6.07) is 2.12. The third kappa shape index (κ3) is 1.75. The fraction of sp³-hybridized carbons (Fsp3) is 0.538. The van der Waals surface area contributed by atoms with E-state index in [0.29, 0.717) is 0 Å². The van der Waals surface area contributed by atoms with Gasteiger partial charge in [-0.3, -0.25) is 0 Å². The first kappa shape index (κ1) is 11.5. The maximum atomic E-state index is 5.41. The highest BCUT2D eigenvalue weighted by Crippen LogP contribution is 2.26. The minimum atomic E-state index is 0.772. The van der Waals surface area contributed by atoms with E-state index in [2.05, 4.69) is 39.5 Å². The van der Waals surface area contributed by atoms with Crippen LogP contribution in [0.2, 0.25) is 0 Å². The summed E-state index contributed by atoms with van der Waals surface area (Å²) in [6.45, 7) is 7.39. The van der Waals surface area contributed by atoms with Crippen molar-refractivity contribution in [1.82, 2.24) is 14.5 Å². The summed E-state index contributed by atoms with van der Waals surface area (Å²) >= 11 is 0. The van der Waals surface area contributed by atoms with Crippen LogP contribution in [0.25, 0.3) is 11.0 Å². The highest BCUT2D eigenvalue weighted by Gasteiger charge is 2.19. The summed E-state index contributed by atoms with van der Waals surface area (Å²) < 4.78 is 7.57. The maximum Gasteiger partial charge on any atom is 0.157 e. The Hall–Kier alpha value is -1.62. The third-order valence-electron chi connectivity index (χ3n) is 3.53. The Kier molecular flexibility index (Phi) is 2.70. The number of aromatic nitrogens is 3. The smallest absolute Gasteiger partial charge is 0.157 e. The highest BCUT2D eigenvalue weighted by molar-refractivity contribution is 5.88. The summed E-state index contributed by atoms with van der Waals surface area (Å²) in [5, 5.41) is 0. The molecule has 2 aromatic rings. The normalized spacial score (nSPS) is 16.5. The van der Waals surface area contributed by atoms with Gasteiger partial charge < -0.3 is 14.2 Å². The number of anilines is 1. The van der Waals surface area contributed by atoms with Gasteiger partial charge in [0.2, 0.25) is 0 Å². The first-order valence-electron chi connectivity index (χ1n) is 6.30. The Balaban J connectivity index is 2.19. The molecule has 0 unspecified atom stereocenters. The highest BCUT2D eigenvalue weighted by atomic mass is 16.5. The van der Waals surface area contributed by atoms with Crippen LogP contribution in [-0.4, -0.2) is 40.8 Å². The number of ether oxygens (including phenoxy) is 1. The molecule has 1 saturated heterocycles. The molecule has 1 aliphatic rings. The molecule has 3 rings (SSSR count). The van der Waals surface area contributed by atoms with E-state index in [4.69, 9.17) is 4.74 Å². The van der Waals surface area contributed by atoms with Crippen molar-refractivity contribution in [2.24, 2.45) is 7.05 Å². The molecule has 1 aliphatic heterocycles. The van der Waals surface area contributed by atoms with Gasteiger partial charge in [0.25, 0.3) is 0 Å². The SMILES string of the molecule is Cc1nc(N2CCOCC2)c2c(cc(C)n2C)n1. The molecule has 0 aromatic carbocycles. The molecule has 2 aromatic heterocycles. The number of aryl methyl sites for hydroxylation is 3. The molecule has 96 valence electrons. The summed E-state index contributed by atoms with van der Waals surface area (Å²) in [4.78, 5) is 11.5. The lowest BCUT2D eigenvalue weighted by Gasteiger charge is -2.28. The Labute approximate surface area is 106 Å².